The molecule has 0 saturated carbocycles. The van der Waals surface area contributed by atoms with Gasteiger partial charge in [0.05, 0.1) is 29.7 Å². The Morgan fingerprint density at radius 3 is 3.12 bits per heavy atom. The Morgan fingerprint density at radius 2 is 2.44 bits per heavy atom. The summed E-state index contributed by atoms with van der Waals surface area (Å²) in [6.07, 6.45) is 3.18. The van der Waals surface area contributed by atoms with E-state index in [1.165, 1.54) is 6.20 Å². The van der Waals surface area contributed by atoms with Crippen LogP contribution in [0, 0.1) is 11.3 Å². The van der Waals surface area contributed by atoms with Crippen LogP contribution in [0.2, 0.25) is 0 Å². The zero-order chi connectivity index (χ0) is 11.4. The number of aromatic amines is 1. The van der Waals surface area contributed by atoms with Crippen LogP contribution in [0.5, 0.6) is 0 Å². The van der Waals surface area contributed by atoms with Crippen molar-refractivity contribution in [3.05, 3.63) is 35.8 Å². The van der Waals surface area contributed by atoms with Gasteiger partial charge in [-0.05, 0) is 12.1 Å². The Balaban J connectivity index is 2.13. The fraction of sp³-hybridized carbons (Fsp3) is 0.100. The summed E-state index contributed by atoms with van der Waals surface area (Å²) in [4.78, 5) is 4.06. The molecular formula is C10H10N6. The molecule has 6 nitrogen and oxygen atoms in total. The molecule has 4 N–H and O–H groups in total. The van der Waals surface area contributed by atoms with Crippen LogP contribution in [0.4, 0.5) is 11.5 Å². The Morgan fingerprint density at radius 1 is 1.56 bits per heavy atom. The first-order valence-electron chi connectivity index (χ1n) is 4.67. The lowest BCUT2D eigenvalue weighted by atomic mass is 10.2. The lowest BCUT2D eigenvalue weighted by molar-refractivity contribution is 0.974. The third-order valence-electron chi connectivity index (χ3n) is 2.03. The van der Waals surface area contributed by atoms with Crippen LogP contribution >= 0.6 is 0 Å². The second kappa shape index (κ2) is 4.31. The summed E-state index contributed by atoms with van der Waals surface area (Å²) in [5, 5.41) is 18.6. The summed E-state index contributed by atoms with van der Waals surface area (Å²) in [5.74, 6) is 0.520. The smallest absolute Gasteiger partial charge is 0.144 e. The average Bonchev–Trinajstić information content (AvgIpc) is 2.80. The summed E-state index contributed by atoms with van der Waals surface area (Å²) in [6.45, 7) is 0.533. The first-order chi connectivity index (χ1) is 7.79. The summed E-state index contributed by atoms with van der Waals surface area (Å²) in [7, 11) is 0. The number of H-pyrrole nitrogens is 1. The molecule has 0 radical (unpaired) electrons. The fourth-order valence-electron chi connectivity index (χ4n) is 1.27. The summed E-state index contributed by atoms with van der Waals surface area (Å²) >= 11 is 0. The molecule has 0 amide bonds. The van der Waals surface area contributed by atoms with E-state index in [0.717, 1.165) is 5.69 Å². The van der Waals surface area contributed by atoms with Crippen molar-refractivity contribution in [2.24, 2.45) is 0 Å². The van der Waals surface area contributed by atoms with Gasteiger partial charge < -0.3 is 11.1 Å². The number of pyridine rings is 1. The van der Waals surface area contributed by atoms with E-state index in [1.807, 2.05) is 12.1 Å². The molecular weight excluding hydrogens is 204 g/mol. The van der Waals surface area contributed by atoms with Gasteiger partial charge in [-0.2, -0.15) is 10.4 Å². The molecule has 0 aliphatic rings. The Bertz CT molecular complexity index is 511. The summed E-state index contributed by atoms with van der Waals surface area (Å²) in [5.41, 5.74) is 7.36. The van der Waals surface area contributed by atoms with Crippen molar-refractivity contribution in [3.63, 3.8) is 0 Å². The highest BCUT2D eigenvalue weighted by Crippen LogP contribution is 2.14. The second-order valence-electron chi connectivity index (χ2n) is 3.21. The predicted molar refractivity (Wildman–Crippen MR) is 59.3 cm³/mol. The van der Waals surface area contributed by atoms with E-state index in [4.69, 9.17) is 11.0 Å². The molecule has 2 heterocycles. The molecule has 2 aromatic rings. The largest absolute Gasteiger partial charge is 0.397 e. The average molecular weight is 214 g/mol. The van der Waals surface area contributed by atoms with Gasteiger partial charge in [0.25, 0.3) is 0 Å². The van der Waals surface area contributed by atoms with Crippen molar-refractivity contribution in [1.82, 2.24) is 15.2 Å². The molecule has 0 aliphatic carbocycles. The standard InChI is InChI=1S/C10H10N6/c11-4-7-3-8(12)5-13-10(7)14-6-9-1-2-15-16-9/h1-3,5H,6,12H2,(H,13,14)(H,15,16). The number of aromatic nitrogens is 3. The van der Waals surface area contributed by atoms with E-state index in [-0.39, 0.29) is 0 Å². The molecule has 2 rings (SSSR count). The van der Waals surface area contributed by atoms with Crippen LogP contribution in [0.25, 0.3) is 0 Å². The van der Waals surface area contributed by atoms with Crippen LogP contribution < -0.4 is 11.1 Å². The minimum Gasteiger partial charge on any atom is -0.397 e. The number of nitrogens with zero attached hydrogens (tertiary/aromatic N) is 3. The predicted octanol–water partition coefficient (Wildman–Crippen LogP) is 0.871. The Labute approximate surface area is 92.1 Å². The lowest BCUT2D eigenvalue weighted by Crippen LogP contribution is -2.04. The first-order valence-corrected chi connectivity index (χ1v) is 4.67. The second-order valence-corrected chi connectivity index (χ2v) is 3.21. The molecule has 0 saturated heterocycles. The molecule has 0 fully saturated rings. The van der Waals surface area contributed by atoms with E-state index in [1.54, 1.807) is 12.3 Å². The minimum atomic E-state index is 0.430. The van der Waals surface area contributed by atoms with Crippen LogP contribution in [0.3, 0.4) is 0 Å². The highest BCUT2D eigenvalue weighted by atomic mass is 15.1. The summed E-state index contributed by atoms with van der Waals surface area (Å²) < 4.78 is 0. The van der Waals surface area contributed by atoms with Crippen molar-refractivity contribution >= 4 is 11.5 Å². The Kier molecular flexibility index (Phi) is 2.69. The highest BCUT2D eigenvalue weighted by molar-refractivity contribution is 5.57. The first kappa shape index (κ1) is 9.98. The van der Waals surface area contributed by atoms with Crippen molar-refractivity contribution in [2.75, 3.05) is 11.1 Å². The van der Waals surface area contributed by atoms with Gasteiger partial charge in [0.2, 0.25) is 0 Å². The number of hydrogen-bond acceptors (Lipinski definition) is 5. The fourth-order valence-corrected chi connectivity index (χ4v) is 1.27. The van der Waals surface area contributed by atoms with Gasteiger partial charge in [-0.3, -0.25) is 5.10 Å². The van der Waals surface area contributed by atoms with E-state index in [9.17, 15) is 0 Å². The van der Waals surface area contributed by atoms with Gasteiger partial charge in [0, 0.05) is 6.20 Å². The van der Waals surface area contributed by atoms with Crippen LogP contribution in [0.15, 0.2) is 24.5 Å². The molecule has 0 unspecified atom stereocenters. The maximum Gasteiger partial charge on any atom is 0.144 e. The monoisotopic (exact) mass is 214 g/mol. The Hall–Kier alpha value is -2.55. The zero-order valence-electron chi connectivity index (χ0n) is 8.44. The van der Waals surface area contributed by atoms with E-state index in [2.05, 4.69) is 20.5 Å². The van der Waals surface area contributed by atoms with Crippen molar-refractivity contribution in [3.8, 4) is 6.07 Å². The zero-order valence-corrected chi connectivity index (χ0v) is 8.44. The lowest BCUT2D eigenvalue weighted by Gasteiger charge is -2.05. The number of nitrogen functional groups attached to an aromatic ring is 1. The van der Waals surface area contributed by atoms with E-state index < -0.39 is 0 Å². The van der Waals surface area contributed by atoms with Gasteiger partial charge in [-0.25, -0.2) is 4.98 Å². The van der Waals surface area contributed by atoms with E-state index in [0.29, 0.717) is 23.6 Å². The number of hydrogen-bond donors (Lipinski definition) is 3. The highest BCUT2D eigenvalue weighted by Gasteiger charge is 2.03. The van der Waals surface area contributed by atoms with Gasteiger partial charge >= 0.3 is 0 Å². The van der Waals surface area contributed by atoms with Gasteiger partial charge in [-0.15, -0.1) is 0 Å². The maximum atomic E-state index is 8.89. The van der Waals surface area contributed by atoms with Gasteiger partial charge in [0.1, 0.15) is 11.9 Å². The van der Waals surface area contributed by atoms with Gasteiger partial charge in [0.15, 0.2) is 0 Å². The van der Waals surface area contributed by atoms with Crippen molar-refractivity contribution in [1.29, 1.82) is 5.26 Å². The maximum absolute atomic E-state index is 8.89. The number of nitrogens with one attached hydrogen (secondary N) is 2. The SMILES string of the molecule is N#Cc1cc(N)cnc1NCc1ccn[nH]1. The van der Waals surface area contributed by atoms with Gasteiger partial charge in [-0.1, -0.05) is 0 Å². The molecule has 0 spiro atoms. The molecule has 0 aliphatic heterocycles. The molecule has 80 valence electrons. The molecule has 0 aromatic carbocycles. The van der Waals surface area contributed by atoms with Crippen LogP contribution in [0.1, 0.15) is 11.3 Å². The number of rotatable bonds is 3. The summed E-state index contributed by atoms with van der Waals surface area (Å²) in [6, 6.07) is 5.46. The quantitative estimate of drug-likeness (QED) is 0.703. The molecule has 0 atom stereocenters. The molecule has 0 bridgehead atoms. The third-order valence-corrected chi connectivity index (χ3v) is 2.03. The van der Waals surface area contributed by atoms with Crippen molar-refractivity contribution in [2.45, 2.75) is 6.54 Å². The van der Waals surface area contributed by atoms with E-state index >= 15 is 0 Å². The molecule has 16 heavy (non-hydrogen) atoms. The van der Waals surface area contributed by atoms with Crippen molar-refractivity contribution < 1.29 is 0 Å². The minimum absolute atomic E-state index is 0.430. The third kappa shape index (κ3) is 2.09. The molecule has 2 aromatic heterocycles. The van der Waals surface area contributed by atoms with Crippen LogP contribution in [-0.4, -0.2) is 15.2 Å². The number of anilines is 2. The molecule has 6 heteroatoms. The number of nitrogens with two attached hydrogens (primary N) is 1. The number of nitriles is 1. The normalized spacial score (nSPS) is 9.69. The van der Waals surface area contributed by atoms with Crippen LogP contribution in [-0.2, 0) is 6.54 Å². The topological polar surface area (TPSA) is 103 Å².